The SMILES string of the molecule is COC1(C(=O)Nc2ccc(OC(C)C)c3ccccc23)CCC(C)CC1. The summed E-state index contributed by atoms with van der Waals surface area (Å²) in [5.41, 5.74) is 0.0810. The molecule has 0 heterocycles. The summed E-state index contributed by atoms with van der Waals surface area (Å²) in [6.45, 7) is 6.26. The van der Waals surface area contributed by atoms with Gasteiger partial charge in [-0.3, -0.25) is 4.79 Å². The van der Waals surface area contributed by atoms with Crippen LogP contribution in [0, 0.1) is 5.92 Å². The molecule has 4 heteroatoms. The molecule has 1 aliphatic rings. The molecular weight excluding hydrogens is 326 g/mol. The molecule has 1 saturated carbocycles. The number of amides is 1. The number of nitrogens with one attached hydrogen (secondary N) is 1. The molecule has 140 valence electrons. The van der Waals surface area contributed by atoms with Gasteiger partial charge in [0, 0.05) is 23.6 Å². The number of carbonyl (C=O) groups is 1. The van der Waals surface area contributed by atoms with Gasteiger partial charge in [0.05, 0.1) is 6.10 Å². The number of carbonyl (C=O) groups excluding carboxylic acids is 1. The molecule has 1 fully saturated rings. The number of hydrogen-bond donors (Lipinski definition) is 1. The van der Waals surface area contributed by atoms with Crippen molar-refractivity contribution in [2.24, 2.45) is 5.92 Å². The van der Waals surface area contributed by atoms with E-state index in [2.05, 4.69) is 12.2 Å². The quantitative estimate of drug-likeness (QED) is 0.806. The van der Waals surface area contributed by atoms with Crippen LogP contribution in [0.2, 0.25) is 0 Å². The van der Waals surface area contributed by atoms with E-state index in [1.54, 1.807) is 7.11 Å². The van der Waals surface area contributed by atoms with Gasteiger partial charge >= 0.3 is 0 Å². The molecule has 0 bridgehead atoms. The molecule has 0 radical (unpaired) electrons. The zero-order valence-corrected chi connectivity index (χ0v) is 16.2. The van der Waals surface area contributed by atoms with Gasteiger partial charge in [0.1, 0.15) is 11.4 Å². The molecule has 4 nitrogen and oxygen atoms in total. The molecule has 0 atom stereocenters. The first-order chi connectivity index (χ1) is 12.4. The van der Waals surface area contributed by atoms with E-state index in [1.165, 1.54) is 0 Å². The first kappa shape index (κ1) is 18.7. The summed E-state index contributed by atoms with van der Waals surface area (Å²) >= 11 is 0. The Bertz CT molecular complexity index is 776. The van der Waals surface area contributed by atoms with E-state index in [0.717, 1.165) is 47.9 Å². The third-order valence-corrected chi connectivity index (χ3v) is 5.38. The largest absolute Gasteiger partial charge is 0.490 e. The van der Waals surface area contributed by atoms with Gasteiger partial charge in [-0.05, 0) is 57.6 Å². The van der Waals surface area contributed by atoms with Crippen LogP contribution in [0.5, 0.6) is 5.75 Å². The molecule has 0 saturated heterocycles. The maximum atomic E-state index is 13.1. The van der Waals surface area contributed by atoms with E-state index in [9.17, 15) is 4.79 Å². The van der Waals surface area contributed by atoms with Gasteiger partial charge in [-0.1, -0.05) is 31.2 Å². The van der Waals surface area contributed by atoms with Gasteiger partial charge in [0.25, 0.3) is 5.91 Å². The van der Waals surface area contributed by atoms with Crippen molar-refractivity contribution in [2.75, 3.05) is 12.4 Å². The van der Waals surface area contributed by atoms with Crippen molar-refractivity contribution in [2.45, 2.75) is 58.2 Å². The monoisotopic (exact) mass is 355 g/mol. The van der Waals surface area contributed by atoms with Crippen molar-refractivity contribution in [3.05, 3.63) is 36.4 Å². The minimum absolute atomic E-state index is 0.0467. The third-order valence-electron chi connectivity index (χ3n) is 5.38. The molecule has 2 aromatic rings. The zero-order valence-electron chi connectivity index (χ0n) is 16.2. The molecule has 0 spiro atoms. The maximum Gasteiger partial charge on any atom is 0.256 e. The molecule has 2 aromatic carbocycles. The topological polar surface area (TPSA) is 47.6 Å². The third kappa shape index (κ3) is 3.70. The highest BCUT2D eigenvalue weighted by molar-refractivity contribution is 6.06. The van der Waals surface area contributed by atoms with Crippen LogP contribution in [-0.4, -0.2) is 24.7 Å². The Morgan fingerprint density at radius 3 is 2.38 bits per heavy atom. The highest BCUT2D eigenvalue weighted by Gasteiger charge is 2.41. The summed E-state index contributed by atoms with van der Waals surface area (Å²) in [5.74, 6) is 1.44. The van der Waals surface area contributed by atoms with Crippen LogP contribution in [0.3, 0.4) is 0 Å². The molecule has 26 heavy (non-hydrogen) atoms. The average molecular weight is 355 g/mol. The van der Waals surface area contributed by atoms with Gasteiger partial charge in [-0.2, -0.15) is 0 Å². The zero-order chi connectivity index (χ0) is 18.7. The number of rotatable bonds is 5. The second kappa shape index (κ2) is 7.67. The van der Waals surface area contributed by atoms with E-state index < -0.39 is 5.60 Å². The van der Waals surface area contributed by atoms with E-state index >= 15 is 0 Å². The smallest absolute Gasteiger partial charge is 0.256 e. The normalized spacial score (nSPS) is 23.2. The van der Waals surface area contributed by atoms with E-state index in [0.29, 0.717) is 5.92 Å². The summed E-state index contributed by atoms with van der Waals surface area (Å²) in [5, 5.41) is 5.11. The fourth-order valence-corrected chi connectivity index (χ4v) is 3.73. The van der Waals surface area contributed by atoms with Crippen LogP contribution >= 0.6 is 0 Å². The molecular formula is C22H29NO3. The van der Waals surface area contributed by atoms with Crippen LogP contribution in [0.1, 0.15) is 46.5 Å². The van der Waals surface area contributed by atoms with Crippen LogP contribution in [0.4, 0.5) is 5.69 Å². The molecule has 1 aliphatic carbocycles. The fraction of sp³-hybridized carbons (Fsp3) is 0.500. The highest BCUT2D eigenvalue weighted by Crippen LogP contribution is 2.37. The van der Waals surface area contributed by atoms with Crippen molar-refractivity contribution < 1.29 is 14.3 Å². The van der Waals surface area contributed by atoms with Gasteiger partial charge in [-0.25, -0.2) is 0 Å². The van der Waals surface area contributed by atoms with Gasteiger partial charge in [-0.15, -0.1) is 0 Å². The molecule has 3 rings (SSSR count). The standard InChI is InChI=1S/C22H29NO3/c1-15(2)26-20-10-9-19(17-7-5-6-8-18(17)20)23-21(24)22(25-4)13-11-16(3)12-14-22/h5-10,15-16H,11-14H2,1-4H3,(H,23,24). The summed E-state index contributed by atoms with van der Waals surface area (Å²) in [6, 6.07) is 11.9. The lowest BCUT2D eigenvalue weighted by atomic mass is 9.79. The Hall–Kier alpha value is -2.07. The number of anilines is 1. The number of ether oxygens (including phenoxy) is 2. The lowest BCUT2D eigenvalue weighted by molar-refractivity contribution is -0.142. The van der Waals surface area contributed by atoms with E-state index in [1.807, 2.05) is 50.2 Å². The van der Waals surface area contributed by atoms with Crippen molar-refractivity contribution in [1.29, 1.82) is 0 Å². The Morgan fingerprint density at radius 1 is 1.12 bits per heavy atom. The molecule has 1 N–H and O–H groups in total. The highest BCUT2D eigenvalue weighted by atomic mass is 16.5. The summed E-state index contributed by atoms with van der Waals surface area (Å²) < 4.78 is 11.6. The second-order valence-electron chi connectivity index (χ2n) is 7.66. The lowest BCUT2D eigenvalue weighted by Crippen LogP contribution is -2.47. The van der Waals surface area contributed by atoms with Crippen molar-refractivity contribution in [3.8, 4) is 5.75 Å². The van der Waals surface area contributed by atoms with E-state index in [4.69, 9.17) is 9.47 Å². The average Bonchev–Trinajstić information content (AvgIpc) is 2.64. The molecule has 0 aliphatic heterocycles. The number of hydrogen-bond acceptors (Lipinski definition) is 3. The predicted octanol–water partition coefficient (Wildman–Crippen LogP) is 5.16. The number of benzene rings is 2. The van der Waals surface area contributed by atoms with Crippen molar-refractivity contribution in [3.63, 3.8) is 0 Å². The summed E-state index contributed by atoms with van der Waals surface area (Å²) in [7, 11) is 1.65. The number of fused-ring (bicyclic) bond motifs is 1. The Balaban J connectivity index is 1.90. The Kier molecular flexibility index (Phi) is 5.52. The Labute approximate surface area is 155 Å². The summed E-state index contributed by atoms with van der Waals surface area (Å²) in [4.78, 5) is 13.1. The fourth-order valence-electron chi connectivity index (χ4n) is 3.73. The van der Waals surface area contributed by atoms with Gasteiger partial charge < -0.3 is 14.8 Å². The Morgan fingerprint density at radius 2 is 1.77 bits per heavy atom. The lowest BCUT2D eigenvalue weighted by Gasteiger charge is -2.36. The second-order valence-corrected chi connectivity index (χ2v) is 7.66. The minimum atomic E-state index is -0.722. The van der Waals surface area contributed by atoms with Crippen molar-refractivity contribution in [1.82, 2.24) is 0 Å². The first-order valence-electron chi connectivity index (χ1n) is 9.50. The number of methoxy groups -OCH3 is 1. The van der Waals surface area contributed by atoms with Crippen LogP contribution in [0.15, 0.2) is 36.4 Å². The molecule has 0 unspecified atom stereocenters. The minimum Gasteiger partial charge on any atom is -0.490 e. The molecule has 0 aromatic heterocycles. The van der Waals surface area contributed by atoms with Gasteiger partial charge in [0.2, 0.25) is 0 Å². The maximum absolute atomic E-state index is 13.1. The van der Waals surface area contributed by atoms with Crippen LogP contribution in [-0.2, 0) is 9.53 Å². The van der Waals surface area contributed by atoms with Crippen LogP contribution in [0.25, 0.3) is 10.8 Å². The van der Waals surface area contributed by atoms with Crippen molar-refractivity contribution >= 4 is 22.4 Å². The van der Waals surface area contributed by atoms with Crippen LogP contribution < -0.4 is 10.1 Å². The van der Waals surface area contributed by atoms with E-state index in [-0.39, 0.29) is 12.0 Å². The summed E-state index contributed by atoms with van der Waals surface area (Å²) in [6.07, 6.45) is 3.66. The van der Waals surface area contributed by atoms with Gasteiger partial charge in [0.15, 0.2) is 0 Å². The first-order valence-corrected chi connectivity index (χ1v) is 9.50. The molecule has 1 amide bonds. The predicted molar refractivity (Wildman–Crippen MR) is 106 cm³/mol.